The number of carbonyl (C=O) groups is 2. The number of esters is 1. The van der Waals surface area contributed by atoms with E-state index in [4.69, 9.17) is 9.47 Å². The molecule has 7 heteroatoms. The summed E-state index contributed by atoms with van der Waals surface area (Å²) in [6, 6.07) is 11.9. The Morgan fingerprint density at radius 3 is 2.42 bits per heavy atom. The second-order valence-corrected chi connectivity index (χ2v) is 10.3. The van der Waals surface area contributed by atoms with E-state index in [2.05, 4.69) is 17.4 Å². The molecule has 1 amide bonds. The van der Waals surface area contributed by atoms with Crippen molar-refractivity contribution >= 4 is 17.6 Å². The molecule has 0 radical (unpaired) electrons. The number of aryl methyl sites for hydroxylation is 1. The van der Waals surface area contributed by atoms with E-state index >= 15 is 0 Å². The molecule has 36 heavy (non-hydrogen) atoms. The molecule has 2 aromatic heterocycles. The molecule has 0 atom stereocenters. The fourth-order valence-corrected chi connectivity index (χ4v) is 4.44. The summed E-state index contributed by atoms with van der Waals surface area (Å²) in [4.78, 5) is 37.4. The average molecular weight is 491 g/mol. The van der Waals surface area contributed by atoms with Crippen LogP contribution in [0.3, 0.4) is 0 Å². The number of rotatable bonds is 7. The third-order valence-corrected chi connectivity index (χ3v) is 6.27. The van der Waals surface area contributed by atoms with Gasteiger partial charge < -0.3 is 14.8 Å². The zero-order valence-corrected chi connectivity index (χ0v) is 21.6. The summed E-state index contributed by atoms with van der Waals surface area (Å²) in [7, 11) is 0. The van der Waals surface area contributed by atoms with Crippen molar-refractivity contribution in [1.29, 1.82) is 0 Å². The van der Waals surface area contributed by atoms with Gasteiger partial charge >= 0.3 is 12.1 Å². The van der Waals surface area contributed by atoms with Crippen LogP contribution < -0.4 is 10.9 Å². The van der Waals surface area contributed by atoms with Crippen molar-refractivity contribution in [1.82, 2.24) is 9.72 Å². The van der Waals surface area contributed by atoms with Crippen LogP contribution >= 0.6 is 0 Å². The van der Waals surface area contributed by atoms with Crippen LogP contribution in [0.4, 0.5) is 4.79 Å². The topological polar surface area (TPSA) is 86.1 Å². The van der Waals surface area contributed by atoms with E-state index in [1.807, 2.05) is 45.9 Å². The Bertz CT molecular complexity index is 1350. The highest BCUT2D eigenvalue weighted by atomic mass is 16.6. The van der Waals surface area contributed by atoms with Gasteiger partial charge in [0.1, 0.15) is 11.2 Å². The minimum Gasteiger partial charge on any atom is -0.462 e. The van der Waals surface area contributed by atoms with Crippen molar-refractivity contribution in [3.05, 3.63) is 75.2 Å². The first-order valence-corrected chi connectivity index (χ1v) is 12.5. The number of ether oxygens (including phenoxy) is 2. The lowest BCUT2D eigenvalue weighted by atomic mass is 9.96. The summed E-state index contributed by atoms with van der Waals surface area (Å²) in [5.74, 6) is -0.222. The Hall–Kier alpha value is -3.61. The normalized spacial score (nSPS) is 13.5. The number of hydrogen-bond acceptors (Lipinski definition) is 5. The van der Waals surface area contributed by atoms with Crippen LogP contribution in [0.1, 0.15) is 73.5 Å². The highest BCUT2D eigenvalue weighted by Crippen LogP contribution is 2.43. The van der Waals surface area contributed by atoms with Crippen molar-refractivity contribution in [3.8, 4) is 11.1 Å². The Labute approximate surface area is 211 Å². The molecule has 2 heterocycles. The highest BCUT2D eigenvalue weighted by molar-refractivity contribution is 5.91. The maximum atomic E-state index is 13.1. The number of pyridine rings is 2. The molecule has 1 aliphatic rings. The van der Waals surface area contributed by atoms with E-state index < -0.39 is 17.7 Å². The summed E-state index contributed by atoms with van der Waals surface area (Å²) in [6.45, 7) is 9.98. The van der Waals surface area contributed by atoms with Crippen LogP contribution in [0.5, 0.6) is 0 Å². The fraction of sp³-hybridized carbons (Fsp3) is 0.414. The van der Waals surface area contributed by atoms with Crippen molar-refractivity contribution in [2.45, 2.75) is 65.4 Å². The zero-order valence-electron chi connectivity index (χ0n) is 21.6. The van der Waals surface area contributed by atoms with E-state index in [0.29, 0.717) is 18.9 Å². The van der Waals surface area contributed by atoms with E-state index in [1.165, 1.54) is 0 Å². The summed E-state index contributed by atoms with van der Waals surface area (Å²) in [6.07, 6.45) is 4.12. The van der Waals surface area contributed by atoms with Crippen molar-refractivity contribution in [3.63, 3.8) is 0 Å². The quantitative estimate of drug-likeness (QED) is 0.449. The van der Waals surface area contributed by atoms with Crippen LogP contribution in [-0.4, -0.2) is 35.2 Å². The van der Waals surface area contributed by atoms with Gasteiger partial charge in [-0.25, -0.2) is 9.59 Å². The van der Waals surface area contributed by atoms with Crippen molar-refractivity contribution in [2.75, 3.05) is 13.2 Å². The first-order valence-electron chi connectivity index (χ1n) is 12.5. The van der Waals surface area contributed by atoms with Crippen molar-refractivity contribution in [2.24, 2.45) is 0 Å². The van der Waals surface area contributed by atoms with Gasteiger partial charge in [-0.15, -0.1) is 0 Å². The van der Waals surface area contributed by atoms with E-state index in [0.717, 1.165) is 46.2 Å². The fourth-order valence-electron chi connectivity index (χ4n) is 4.44. The number of fused-ring (bicyclic) bond motifs is 1. The van der Waals surface area contributed by atoms with Gasteiger partial charge in [-0.05, 0) is 99.7 Å². The molecular formula is C29H34N2O5. The van der Waals surface area contributed by atoms with Gasteiger partial charge in [0.25, 0.3) is 5.56 Å². The molecule has 0 saturated heterocycles. The summed E-state index contributed by atoms with van der Waals surface area (Å²) in [5, 5.41) is 2.79. The third kappa shape index (κ3) is 5.61. The average Bonchev–Trinajstić information content (AvgIpc) is 3.65. The number of alkyl carbamates (subject to hydrolysis) is 1. The van der Waals surface area contributed by atoms with Gasteiger partial charge in [-0.3, -0.25) is 9.20 Å². The zero-order chi connectivity index (χ0) is 26.0. The lowest BCUT2D eigenvalue weighted by molar-refractivity contribution is 0.0515. The molecule has 4 rings (SSSR count). The Balaban J connectivity index is 1.59. The highest BCUT2D eigenvalue weighted by Gasteiger charge is 2.29. The molecule has 1 aliphatic carbocycles. The molecule has 1 saturated carbocycles. The van der Waals surface area contributed by atoms with Crippen LogP contribution in [0.25, 0.3) is 16.6 Å². The van der Waals surface area contributed by atoms with Gasteiger partial charge in [-0.2, -0.15) is 0 Å². The standard InChI is InChI=1S/C29H34N2O5/c1-6-35-27(33)24-17-23(21-11-12-21)25-18(2)22(14-16-31(25)26(24)32)20-9-7-19(8-10-20)13-15-30-28(34)36-29(3,4)5/h7-10,14,16-17,21H,6,11-13,15H2,1-5H3,(H,30,34). The molecular weight excluding hydrogens is 456 g/mol. The van der Waals surface area contributed by atoms with E-state index in [9.17, 15) is 14.4 Å². The predicted molar refractivity (Wildman–Crippen MR) is 140 cm³/mol. The molecule has 1 aromatic carbocycles. The first-order chi connectivity index (χ1) is 17.1. The first kappa shape index (κ1) is 25.5. The van der Waals surface area contributed by atoms with Gasteiger partial charge in [0, 0.05) is 12.7 Å². The SMILES string of the molecule is CCOC(=O)c1cc(C2CC2)c2c(C)c(-c3ccc(CCNC(=O)OC(C)(C)C)cc3)ccn2c1=O. The molecule has 1 N–H and O–H groups in total. The molecule has 0 spiro atoms. The molecule has 3 aromatic rings. The van der Waals surface area contributed by atoms with E-state index in [-0.39, 0.29) is 17.7 Å². The van der Waals surface area contributed by atoms with Crippen molar-refractivity contribution < 1.29 is 19.1 Å². The van der Waals surface area contributed by atoms with Crippen LogP contribution in [-0.2, 0) is 15.9 Å². The molecule has 7 nitrogen and oxygen atoms in total. The monoisotopic (exact) mass is 490 g/mol. The third-order valence-electron chi connectivity index (χ3n) is 6.27. The smallest absolute Gasteiger partial charge is 0.407 e. The Morgan fingerprint density at radius 1 is 1.11 bits per heavy atom. The van der Waals surface area contributed by atoms with Gasteiger partial charge in [0.15, 0.2) is 0 Å². The predicted octanol–water partition coefficient (Wildman–Crippen LogP) is 5.40. The number of aromatic nitrogens is 1. The minimum absolute atomic E-state index is 0.0905. The number of benzene rings is 1. The summed E-state index contributed by atoms with van der Waals surface area (Å²) >= 11 is 0. The van der Waals surface area contributed by atoms with Crippen LogP contribution in [0, 0.1) is 6.92 Å². The number of nitrogens with one attached hydrogen (secondary N) is 1. The van der Waals surface area contributed by atoms with Crippen LogP contribution in [0.2, 0.25) is 0 Å². The maximum absolute atomic E-state index is 13.1. The molecule has 0 unspecified atom stereocenters. The molecule has 0 aliphatic heterocycles. The van der Waals surface area contributed by atoms with Crippen LogP contribution in [0.15, 0.2) is 47.4 Å². The second-order valence-electron chi connectivity index (χ2n) is 10.3. The number of carbonyl (C=O) groups excluding carboxylic acids is 2. The van der Waals surface area contributed by atoms with Gasteiger partial charge in [0.2, 0.25) is 0 Å². The van der Waals surface area contributed by atoms with E-state index in [1.54, 1.807) is 23.6 Å². The minimum atomic E-state index is -0.572. The second kappa shape index (κ2) is 10.2. The summed E-state index contributed by atoms with van der Waals surface area (Å²) in [5.41, 5.74) is 5.31. The number of amides is 1. The number of hydrogen-bond donors (Lipinski definition) is 1. The molecule has 1 fully saturated rings. The Kier molecular flexibility index (Phi) is 7.20. The molecule has 190 valence electrons. The largest absolute Gasteiger partial charge is 0.462 e. The Morgan fingerprint density at radius 2 is 1.81 bits per heavy atom. The summed E-state index contributed by atoms with van der Waals surface area (Å²) < 4.78 is 12.0. The number of nitrogens with zero attached hydrogens (tertiary/aromatic N) is 1. The lowest BCUT2D eigenvalue weighted by Gasteiger charge is -2.19. The molecule has 0 bridgehead atoms. The van der Waals surface area contributed by atoms with Gasteiger partial charge in [0.05, 0.1) is 12.1 Å². The lowest BCUT2D eigenvalue weighted by Crippen LogP contribution is -2.33. The van der Waals surface area contributed by atoms with Gasteiger partial charge in [-0.1, -0.05) is 24.3 Å². The maximum Gasteiger partial charge on any atom is 0.407 e.